The van der Waals surface area contributed by atoms with Crippen molar-refractivity contribution < 1.29 is 23.0 Å². The second-order valence-electron chi connectivity index (χ2n) is 2.75. The molecule has 1 aromatic rings. The Morgan fingerprint density at radius 2 is 1.15 bits per heavy atom. The van der Waals surface area contributed by atoms with Crippen molar-refractivity contribution in [3.8, 4) is 0 Å². The molecule has 0 saturated carbocycles. The van der Waals surface area contributed by atoms with Gasteiger partial charge in [-0.05, 0) is 0 Å². The van der Waals surface area contributed by atoms with Crippen LogP contribution >= 0.6 is 0 Å². The average molecular weight is 296 g/mol. The zero-order valence-electron chi connectivity index (χ0n) is 11.4. The lowest BCUT2D eigenvalue weighted by atomic mass is 10.1. The van der Waals surface area contributed by atoms with E-state index in [0.717, 1.165) is 0 Å². The molecule has 0 atom stereocenters. The third-order valence-electron chi connectivity index (χ3n) is 1.65. The number of nitro groups is 2. The standard InChI is InChI=1S/C7H3F3N2O4.2C2H6/c8-7(9,10)4-1-5(11(13)14)3-6(2-4)12(15)16;2*1-2/h1-3H;2*1-2H3. The summed E-state index contributed by atoms with van der Waals surface area (Å²) >= 11 is 0. The van der Waals surface area contributed by atoms with Crippen LogP contribution in [0, 0.1) is 20.2 Å². The summed E-state index contributed by atoms with van der Waals surface area (Å²) in [5.74, 6) is 0. The molecule has 0 aromatic heterocycles. The van der Waals surface area contributed by atoms with Crippen molar-refractivity contribution in [2.24, 2.45) is 0 Å². The third kappa shape index (κ3) is 6.12. The Morgan fingerprint density at radius 3 is 1.35 bits per heavy atom. The van der Waals surface area contributed by atoms with Crippen LogP contribution in [-0.4, -0.2) is 9.85 Å². The number of hydrogen-bond donors (Lipinski definition) is 0. The molecular formula is C11H15F3N2O4. The largest absolute Gasteiger partial charge is 0.416 e. The number of nitrogens with zero attached hydrogens (tertiary/aromatic N) is 2. The molecule has 0 fully saturated rings. The van der Waals surface area contributed by atoms with E-state index in [0.29, 0.717) is 6.07 Å². The van der Waals surface area contributed by atoms with Crippen LogP contribution in [0.15, 0.2) is 18.2 Å². The predicted molar refractivity (Wildman–Crippen MR) is 67.4 cm³/mol. The van der Waals surface area contributed by atoms with Gasteiger partial charge in [0.25, 0.3) is 11.4 Å². The number of alkyl halides is 3. The van der Waals surface area contributed by atoms with Crippen molar-refractivity contribution in [2.75, 3.05) is 0 Å². The highest BCUT2D eigenvalue weighted by Crippen LogP contribution is 2.34. The second kappa shape index (κ2) is 8.83. The van der Waals surface area contributed by atoms with Crippen LogP contribution in [0.5, 0.6) is 0 Å². The topological polar surface area (TPSA) is 86.3 Å². The maximum atomic E-state index is 12.2. The first-order valence-electron chi connectivity index (χ1n) is 5.73. The Morgan fingerprint density at radius 1 is 0.850 bits per heavy atom. The molecule has 0 unspecified atom stereocenters. The van der Waals surface area contributed by atoms with Crippen LogP contribution in [0.2, 0.25) is 0 Å². The van der Waals surface area contributed by atoms with E-state index in [9.17, 15) is 33.4 Å². The summed E-state index contributed by atoms with van der Waals surface area (Å²) in [5, 5.41) is 20.5. The first-order valence-corrected chi connectivity index (χ1v) is 5.73. The van der Waals surface area contributed by atoms with Crippen LogP contribution in [0.3, 0.4) is 0 Å². The van der Waals surface area contributed by atoms with Gasteiger partial charge in [0.05, 0.1) is 21.5 Å². The Kier molecular flexibility index (Phi) is 8.89. The minimum absolute atomic E-state index is 0.243. The highest BCUT2D eigenvalue weighted by molar-refractivity contribution is 5.47. The monoisotopic (exact) mass is 296 g/mol. The fourth-order valence-electron chi connectivity index (χ4n) is 0.970. The molecule has 0 heterocycles. The van der Waals surface area contributed by atoms with Crippen LogP contribution in [0.4, 0.5) is 24.5 Å². The molecule has 0 amide bonds. The molecule has 0 aliphatic carbocycles. The van der Waals surface area contributed by atoms with Gasteiger partial charge in [-0.25, -0.2) is 0 Å². The molecule has 6 nitrogen and oxygen atoms in total. The van der Waals surface area contributed by atoms with E-state index in [1.54, 1.807) is 0 Å². The summed E-state index contributed by atoms with van der Waals surface area (Å²) in [6, 6.07) is 0.954. The van der Waals surface area contributed by atoms with E-state index in [2.05, 4.69) is 0 Å². The Bertz CT molecular complexity index is 429. The lowest BCUT2D eigenvalue weighted by Gasteiger charge is -2.05. The Labute approximate surface area is 113 Å². The minimum Gasteiger partial charge on any atom is -0.258 e. The van der Waals surface area contributed by atoms with E-state index in [1.165, 1.54) is 0 Å². The maximum absolute atomic E-state index is 12.2. The van der Waals surface area contributed by atoms with Crippen LogP contribution in [0.1, 0.15) is 33.3 Å². The van der Waals surface area contributed by atoms with Gasteiger partial charge in [-0.3, -0.25) is 20.2 Å². The molecule has 0 bridgehead atoms. The van der Waals surface area contributed by atoms with Crippen molar-refractivity contribution in [3.05, 3.63) is 44.0 Å². The Hall–Kier alpha value is -2.19. The van der Waals surface area contributed by atoms with E-state index in [1.807, 2.05) is 27.7 Å². The van der Waals surface area contributed by atoms with Gasteiger partial charge in [0.2, 0.25) is 0 Å². The van der Waals surface area contributed by atoms with E-state index >= 15 is 0 Å². The molecule has 20 heavy (non-hydrogen) atoms. The molecule has 0 spiro atoms. The van der Waals surface area contributed by atoms with Gasteiger partial charge in [0.1, 0.15) is 0 Å². The summed E-state index contributed by atoms with van der Waals surface area (Å²) in [4.78, 5) is 18.3. The first-order chi connectivity index (χ1) is 9.21. The number of hydrogen-bond acceptors (Lipinski definition) is 4. The van der Waals surface area contributed by atoms with Gasteiger partial charge >= 0.3 is 6.18 Å². The minimum atomic E-state index is -4.86. The highest BCUT2D eigenvalue weighted by atomic mass is 19.4. The van der Waals surface area contributed by atoms with Crippen molar-refractivity contribution in [3.63, 3.8) is 0 Å². The fraction of sp³-hybridized carbons (Fsp3) is 0.455. The molecular weight excluding hydrogens is 281 g/mol. The molecule has 114 valence electrons. The lowest BCUT2D eigenvalue weighted by Crippen LogP contribution is -2.06. The molecule has 0 radical (unpaired) electrons. The SMILES string of the molecule is CC.CC.O=[N+]([O-])c1cc([N+](=O)[O-])cc(C(F)(F)F)c1. The highest BCUT2D eigenvalue weighted by Gasteiger charge is 2.34. The smallest absolute Gasteiger partial charge is 0.258 e. The molecule has 1 rings (SSSR count). The van der Waals surface area contributed by atoms with E-state index in [4.69, 9.17) is 0 Å². The summed E-state index contributed by atoms with van der Waals surface area (Å²) in [6.45, 7) is 8.00. The first kappa shape index (κ1) is 20.1. The lowest BCUT2D eigenvalue weighted by molar-refractivity contribution is -0.394. The Balaban J connectivity index is 0. The zero-order valence-corrected chi connectivity index (χ0v) is 11.4. The average Bonchev–Trinajstić information content (AvgIpc) is 2.41. The fourth-order valence-corrected chi connectivity index (χ4v) is 0.970. The summed E-state index contributed by atoms with van der Waals surface area (Å²) < 4.78 is 36.7. The number of benzene rings is 1. The zero-order chi connectivity index (χ0) is 16.5. The van der Waals surface area contributed by atoms with Gasteiger partial charge in [-0.2, -0.15) is 13.2 Å². The third-order valence-corrected chi connectivity index (χ3v) is 1.65. The molecule has 9 heteroatoms. The van der Waals surface area contributed by atoms with Crippen molar-refractivity contribution in [1.29, 1.82) is 0 Å². The van der Waals surface area contributed by atoms with Crippen LogP contribution < -0.4 is 0 Å². The van der Waals surface area contributed by atoms with Gasteiger partial charge in [0, 0.05) is 12.1 Å². The van der Waals surface area contributed by atoms with Crippen LogP contribution in [-0.2, 0) is 6.18 Å². The number of nitro benzene ring substituents is 2. The van der Waals surface area contributed by atoms with Gasteiger partial charge in [-0.15, -0.1) is 0 Å². The van der Waals surface area contributed by atoms with Gasteiger partial charge in [-0.1, -0.05) is 27.7 Å². The predicted octanol–water partition coefficient (Wildman–Crippen LogP) is 4.57. The number of halogens is 3. The van der Waals surface area contributed by atoms with Crippen molar-refractivity contribution >= 4 is 11.4 Å². The molecule has 0 saturated heterocycles. The number of non-ortho nitro benzene ring substituents is 2. The van der Waals surface area contributed by atoms with E-state index in [-0.39, 0.29) is 12.1 Å². The normalized spacial score (nSPS) is 9.55. The maximum Gasteiger partial charge on any atom is 0.416 e. The van der Waals surface area contributed by atoms with Crippen LogP contribution in [0.25, 0.3) is 0 Å². The molecule has 1 aromatic carbocycles. The van der Waals surface area contributed by atoms with Crippen molar-refractivity contribution in [2.45, 2.75) is 33.9 Å². The van der Waals surface area contributed by atoms with Gasteiger partial charge < -0.3 is 0 Å². The molecule has 0 N–H and O–H groups in total. The van der Waals surface area contributed by atoms with E-state index < -0.39 is 33.0 Å². The summed E-state index contributed by atoms with van der Waals surface area (Å²) in [6.07, 6.45) is -4.86. The molecule has 0 aliphatic heterocycles. The summed E-state index contributed by atoms with van der Waals surface area (Å²) in [5.41, 5.74) is -3.36. The summed E-state index contributed by atoms with van der Waals surface area (Å²) in [7, 11) is 0. The quantitative estimate of drug-likeness (QED) is 0.590. The molecule has 0 aliphatic rings. The van der Waals surface area contributed by atoms with Gasteiger partial charge in [0.15, 0.2) is 0 Å². The second-order valence-corrected chi connectivity index (χ2v) is 2.75. The van der Waals surface area contributed by atoms with Crippen molar-refractivity contribution in [1.82, 2.24) is 0 Å². The number of rotatable bonds is 2.